The molecule has 0 radical (unpaired) electrons. The van der Waals surface area contributed by atoms with Crippen LogP contribution in [0.3, 0.4) is 0 Å². The van der Waals surface area contributed by atoms with E-state index < -0.39 is 47.0 Å². The van der Waals surface area contributed by atoms with Crippen molar-refractivity contribution in [1.29, 1.82) is 0 Å². The summed E-state index contributed by atoms with van der Waals surface area (Å²) in [4.78, 5) is 14.5. The van der Waals surface area contributed by atoms with E-state index in [-0.39, 0.29) is 28.5 Å². The molecule has 5 nitrogen and oxygen atoms in total. The zero-order chi connectivity index (χ0) is 32.3. The first-order chi connectivity index (χ1) is 21.6. The van der Waals surface area contributed by atoms with E-state index >= 15 is 8.78 Å². The Hall–Kier alpha value is -3.67. The van der Waals surface area contributed by atoms with Crippen molar-refractivity contribution in [2.45, 2.75) is 49.5 Å². The van der Waals surface area contributed by atoms with Crippen LogP contribution in [-0.4, -0.2) is 30.5 Å². The highest BCUT2D eigenvalue weighted by molar-refractivity contribution is 7.99. The van der Waals surface area contributed by atoms with Gasteiger partial charge < -0.3 is 15.8 Å². The molecule has 3 aromatic carbocycles. The topological polar surface area (TPSA) is 69.3 Å². The summed E-state index contributed by atoms with van der Waals surface area (Å²) in [6.45, 7) is 2.73. The van der Waals surface area contributed by atoms with Crippen LogP contribution in [0.4, 0.5) is 22.0 Å². The molecule has 0 amide bonds. The maximum Gasteiger partial charge on any atom is 0.416 e. The lowest BCUT2D eigenvalue weighted by Gasteiger charge is -2.28. The minimum absolute atomic E-state index is 0.00232. The van der Waals surface area contributed by atoms with Gasteiger partial charge >= 0.3 is 6.18 Å². The third-order valence-electron chi connectivity index (χ3n) is 8.23. The van der Waals surface area contributed by atoms with Crippen molar-refractivity contribution in [3.8, 4) is 16.9 Å². The molecule has 1 aliphatic heterocycles. The average molecular weight is 644 g/mol. The van der Waals surface area contributed by atoms with Gasteiger partial charge in [-0.15, -0.1) is 11.8 Å². The Kier molecular flexibility index (Phi) is 10.0. The number of rotatable bonds is 11. The lowest BCUT2D eigenvalue weighted by molar-refractivity contribution is -0.138. The second-order valence-electron chi connectivity index (χ2n) is 10.9. The lowest BCUT2D eigenvalue weighted by Crippen LogP contribution is -2.36. The van der Waals surface area contributed by atoms with E-state index in [2.05, 4.69) is 5.32 Å². The molecule has 2 unspecified atom stereocenters. The molecular formula is C34H34F5N3O2S. The molecule has 0 spiro atoms. The van der Waals surface area contributed by atoms with Crippen LogP contribution in [-0.2, 0) is 12.6 Å². The Morgan fingerprint density at radius 1 is 1.02 bits per heavy atom. The Morgan fingerprint density at radius 2 is 1.76 bits per heavy atom. The first-order valence-electron chi connectivity index (χ1n) is 14.6. The number of ether oxygens (including phenoxy) is 1. The second kappa shape index (κ2) is 13.8. The number of unbranched alkanes of at least 4 members (excludes halogenated alkanes) is 1. The van der Waals surface area contributed by atoms with Crippen molar-refractivity contribution in [2.75, 3.05) is 26.0 Å². The average Bonchev–Trinajstić information content (AvgIpc) is 3.45. The van der Waals surface area contributed by atoms with Crippen molar-refractivity contribution < 1.29 is 26.7 Å². The molecule has 1 aliphatic rings. The maximum absolute atomic E-state index is 15.8. The van der Waals surface area contributed by atoms with E-state index in [9.17, 15) is 18.0 Å². The Balaban J connectivity index is 1.76. The normalized spacial score (nSPS) is 15.2. The fourth-order valence-corrected chi connectivity index (χ4v) is 7.43. The molecule has 0 saturated carbocycles. The fraction of sp³-hybridized carbons (Fsp3) is 0.324. The molecule has 4 aromatic rings. The molecule has 0 saturated heterocycles. The predicted octanol–water partition coefficient (Wildman–Crippen LogP) is 7.44. The van der Waals surface area contributed by atoms with Crippen LogP contribution in [0.1, 0.15) is 52.7 Å². The molecule has 2 heterocycles. The summed E-state index contributed by atoms with van der Waals surface area (Å²) in [5.74, 6) is -1.44. The van der Waals surface area contributed by atoms with Gasteiger partial charge in [-0.2, -0.15) is 13.2 Å². The number of alkyl halides is 3. The molecule has 45 heavy (non-hydrogen) atoms. The number of methoxy groups -OCH3 is 1. The van der Waals surface area contributed by atoms with Crippen molar-refractivity contribution in [2.24, 2.45) is 5.73 Å². The van der Waals surface area contributed by atoms with Gasteiger partial charge in [-0.05, 0) is 67.7 Å². The number of thioether (sulfide) groups is 1. The van der Waals surface area contributed by atoms with Crippen LogP contribution in [0, 0.1) is 18.6 Å². The van der Waals surface area contributed by atoms with Crippen molar-refractivity contribution in [1.82, 2.24) is 9.88 Å². The second-order valence-corrected chi connectivity index (χ2v) is 11.9. The number of hydrogen-bond donors (Lipinski definition) is 2. The number of benzene rings is 3. The molecule has 2 atom stereocenters. The number of nitrogens with zero attached hydrogens (tertiary/aromatic N) is 1. The molecular weight excluding hydrogens is 609 g/mol. The monoisotopic (exact) mass is 643 g/mol. The Labute approximate surface area is 262 Å². The third kappa shape index (κ3) is 6.52. The molecule has 0 fully saturated rings. The van der Waals surface area contributed by atoms with Crippen LogP contribution in [0.2, 0.25) is 0 Å². The highest BCUT2D eigenvalue weighted by Gasteiger charge is 2.38. The summed E-state index contributed by atoms with van der Waals surface area (Å²) >= 11 is 1.33. The van der Waals surface area contributed by atoms with Gasteiger partial charge in [-0.25, -0.2) is 8.78 Å². The van der Waals surface area contributed by atoms with Crippen molar-refractivity contribution >= 4 is 11.8 Å². The summed E-state index contributed by atoms with van der Waals surface area (Å²) in [5, 5.41) is 4.00. The van der Waals surface area contributed by atoms with E-state index in [1.165, 1.54) is 31.0 Å². The number of hydrogen-bond acceptors (Lipinski definition) is 5. The van der Waals surface area contributed by atoms with Gasteiger partial charge in [0.25, 0.3) is 5.56 Å². The van der Waals surface area contributed by atoms with Gasteiger partial charge in [-0.1, -0.05) is 48.5 Å². The van der Waals surface area contributed by atoms with E-state index in [1.54, 1.807) is 17.6 Å². The highest BCUT2D eigenvalue weighted by Crippen LogP contribution is 2.45. The van der Waals surface area contributed by atoms with E-state index in [4.69, 9.17) is 10.5 Å². The first-order valence-corrected chi connectivity index (χ1v) is 15.6. The minimum Gasteiger partial charge on any atom is -0.494 e. The van der Waals surface area contributed by atoms with Crippen LogP contribution < -0.4 is 21.3 Å². The van der Waals surface area contributed by atoms with Gasteiger partial charge in [0.1, 0.15) is 5.82 Å². The van der Waals surface area contributed by atoms with Crippen LogP contribution in [0.5, 0.6) is 5.75 Å². The summed E-state index contributed by atoms with van der Waals surface area (Å²) in [6.07, 6.45) is -3.64. The van der Waals surface area contributed by atoms with Crippen molar-refractivity contribution in [3.05, 3.63) is 117 Å². The minimum atomic E-state index is -4.80. The molecule has 3 N–H and O–H groups in total. The van der Waals surface area contributed by atoms with Crippen molar-refractivity contribution in [3.63, 3.8) is 0 Å². The number of nitrogens with one attached hydrogen (secondary N) is 1. The first kappa shape index (κ1) is 32.7. The molecule has 5 rings (SSSR count). The van der Waals surface area contributed by atoms with Gasteiger partial charge in [0.15, 0.2) is 11.6 Å². The van der Waals surface area contributed by atoms with Gasteiger partial charge in [0, 0.05) is 23.3 Å². The predicted molar refractivity (Wildman–Crippen MR) is 167 cm³/mol. The number of nitrogens with two attached hydrogens (primary N) is 1. The smallest absolute Gasteiger partial charge is 0.416 e. The third-order valence-corrected chi connectivity index (χ3v) is 9.45. The van der Waals surface area contributed by atoms with Crippen LogP contribution in [0.25, 0.3) is 11.1 Å². The summed E-state index contributed by atoms with van der Waals surface area (Å²) < 4.78 is 79.9. The van der Waals surface area contributed by atoms with E-state index in [0.717, 1.165) is 36.6 Å². The van der Waals surface area contributed by atoms with E-state index in [0.29, 0.717) is 29.4 Å². The van der Waals surface area contributed by atoms with Gasteiger partial charge in [0.2, 0.25) is 0 Å². The maximum atomic E-state index is 15.8. The quantitative estimate of drug-likeness (QED) is 0.131. The number of halogens is 5. The molecule has 0 bridgehead atoms. The summed E-state index contributed by atoms with van der Waals surface area (Å²) in [6, 6.07) is 16.0. The zero-order valence-electron chi connectivity index (χ0n) is 24.9. The zero-order valence-corrected chi connectivity index (χ0v) is 25.7. The van der Waals surface area contributed by atoms with Crippen LogP contribution >= 0.6 is 11.8 Å². The highest BCUT2D eigenvalue weighted by atomic mass is 32.2. The number of fused-ring (bicyclic) bond motifs is 1. The molecule has 11 heteroatoms. The molecule has 1 aromatic heterocycles. The number of aromatic nitrogens is 1. The van der Waals surface area contributed by atoms with Crippen LogP contribution in [0.15, 0.2) is 76.6 Å². The SMILES string of the molecule is COc1cccc(-c2c(C)c(Cc3c(F)cccc3C(F)(F)F)c3n(c2=O)C(C(NCCCCN)c2ccccc2)CS3)c1F. The largest absolute Gasteiger partial charge is 0.494 e. The number of pyridine rings is 1. The van der Waals surface area contributed by atoms with E-state index in [1.807, 2.05) is 30.3 Å². The lowest BCUT2D eigenvalue weighted by atomic mass is 9.91. The Bertz CT molecular complexity index is 1730. The molecule has 0 aliphatic carbocycles. The standard InChI is InChI=1S/C34H34F5N3O2S/c1-20-23(18-24-25(34(37,38)39)13-9-14-26(24)35)33-42(32(43)29(20)22-12-8-15-28(44-2)30(22)36)27(19-45-33)31(41-17-7-6-16-40)21-10-4-3-5-11-21/h3-5,8-15,27,31,41H,6-7,16-19,40H2,1-2H3. The molecule has 238 valence electrons. The summed E-state index contributed by atoms with van der Waals surface area (Å²) in [5.41, 5.74) is 5.08. The fourth-order valence-electron chi connectivity index (χ4n) is 6.00. The Morgan fingerprint density at radius 3 is 2.44 bits per heavy atom. The summed E-state index contributed by atoms with van der Waals surface area (Å²) in [7, 11) is 1.31. The van der Waals surface area contributed by atoms with Gasteiger partial charge in [0.05, 0.1) is 35.3 Å². The van der Waals surface area contributed by atoms with Gasteiger partial charge in [-0.3, -0.25) is 9.36 Å².